The van der Waals surface area contributed by atoms with Gasteiger partial charge in [-0.1, -0.05) is 6.58 Å². The van der Waals surface area contributed by atoms with Crippen LogP contribution < -0.4 is 5.32 Å². The Bertz CT molecular complexity index is 147. The highest BCUT2D eigenvalue weighted by molar-refractivity contribution is 5.28. The molecule has 1 nitrogen and oxygen atoms in total. The molecule has 1 N–H and O–H groups in total. The van der Waals surface area contributed by atoms with E-state index in [1.165, 1.54) is 6.92 Å². The van der Waals surface area contributed by atoms with Crippen molar-refractivity contribution < 1.29 is 4.39 Å². The molecule has 10 heavy (non-hydrogen) atoms. The van der Waals surface area contributed by atoms with E-state index in [1.807, 2.05) is 6.92 Å². The van der Waals surface area contributed by atoms with Crippen LogP contribution in [-0.4, -0.2) is 13.2 Å². The number of allylic oxidation sites excluding steroid dienone is 2. The van der Waals surface area contributed by atoms with Crippen LogP contribution in [0.4, 0.5) is 4.39 Å². The SMILES string of the molecule is C=C(/C(C)=C\NC)C(C)F. The molecule has 58 valence electrons. The third-order valence-electron chi connectivity index (χ3n) is 1.35. The minimum Gasteiger partial charge on any atom is -0.394 e. The van der Waals surface area contributed by atoms with Crippen LogP contribution in [0.5, 0.6) is 0 Å². The van der Waals surface area contributed by atoms with E-state index in [0.29, 0.717) is 5.57 Å². The number of hydrogen-bond donors (Lipinski definition) is 1. The largest absolute Gasteiger partial charge is 0.394 e. The lowest BCUT2D eigenvalue weighted by Crippen LogP contribution is -2.02. The highest BCUT2D eigenvalue weighted by Crippen LogP contribution is 2.12. The number of rotatable bonds is 3. The van der Waals surface area contributed by atoms with E-state index in [9.17, 15) is 4.39 Å². The van der Waals surface area contributed by atoms with Gasteiger partial charge in [-0.3, -0.25) is 0 Å². The molecule has 0 aromatic heterocycles. The van der Waals surface area contributed by atoms with Gasteiger partial charge in [0.2, 0.25) is 0 Å². The fourth-order valence-electron chi connectivity index (χ4n) is 0.623. The van der Waals surface area contributed by atoms with Crippen LogP contribution in [0.15, 0.2) is 23.9 Å². The Kier molecular flexibility index (Phi) is 3.77. The van der Waals surface area contributed by atoms with Crippen LogP contribution in [-0.2, 0) is 0 Å². The van der Waals surface area contributed by atoms with Gasteiger partial charge in [-0.15, -0.1) is 0 Å². The number of halogens is 1. The first kappa shape index (κ1) is 9.21. The van der Waals surface area contributed by atoms with Gasteiger partial charge in [0.1, 0.15) is 6.17 Å². The molecule has 0 spiro atoms. The molecular formula is C8H14FN. The number of hydrogen-bond acceptors (Lipinski definition) is 1. The summed E-state index contributed by atoms with van der Waals surface area (Å²) in [5.41, 5.74) is 1.40. The molecule has 0 saturated heterocycles. The normalized spacial score (nSPS) is 14.6. The molecule has 0 saturated carbocycles. The van der Waals surface area contributed by atoms with Crippen LogP contribution >= 0.6 is 0 Å². The van der Waals surface area contributed by atoms with Crippen molar-refractivity contribution in [1.29, 1.82) is 0 Å². The fraction of sp³-hybridized carbons (Fsp3) is 0.500. The molecule has 0 rings (SSSR count). The van der Waals surface area contributed by atoms with Crippen LogP contribution in [0.25, 0.3) is 0 Å². The van der Waals surface area contributed by atoms with E-state index >= 15 is 0 Å². The average Bonchev–Trinajstić information content (AvgIpc) is 1.87. The standard InChI is InChI=1S/C8H14FN/c1-6(5-10-4)7(2)8(3)9/h5,8,10H,2H2,1,3-4H3/b6-5-. The zero-order valence-corrected chi connectivity index (χ0v) is 6.74. The van der Waals surface area contributed by atoms with Gasteiger partial charge in [-0.25, -0.2) is 4.39 Å². The Morgan fingerprint density at radius 2 is 2.20 bits per heavy atom. The summed E-state index contributed by atoms with van der Waals surface area (Å²) >= 11 is 0. The van der Waals surface area contributed by atoms with Crippen LogP contribution in [0, 0.1) is 0 Å². The molecule has 0 aliphatic carbocycles. The molecule has 0 radical (unpaired) electrons. The Balaban J connectivity index is 4.08. The maximum atomic E-state index is 12.5. The molecule has 1 unspecified atom stereocenters. The molecule has 0 fully saturated rings. The van der Waals surface area contributed by atoms with Gasteiger partial charge in [0, 0.05) is 7.05 Å². The van der Waals surface area contributed by atoms with E-state index in [-0.39, 0.29) is 0 Å². The van der Waals surface area contributed by atoms with Gasteiger partial charge in [-0.05, 0) is 31.2 Å². The first-order chi connectivity index (χ1) is 4.59. The van der Waals surface area contributed by atoms with E-state index in [4.69, 9.17) is 0 Å². The molecule has 0 bridgehead atoms. The first-order valence-corrected chi connectivity index (χ1v) is 3.27. The lowest BCUT2D eigenvalue weighted by Gasteiger charge is -2.05. The third kappa shape index (κ3) is 2.67. The fourth-order valence-corrected chi connectivity index (χ4v) is 0.623. The van der Waals surface area contributed by atoms with Gasteiger partial charge >= 0.3 is 0 Å². The topological polar surface area (TPSA) is 12.0 Å². The van der Waals surface area contributed by atoms with Gasteiger partial charge in [-0.2, -0.15) is 0 Å². The molecule has 0 aromatic carbocycles. The maximum absolute atomic E-state index is 12.5. The third-order valence-corrected chi connectivity index (χ3v) is 1.35. The van der Waals surface area contributed by atoms with Crippen molar-refractivity contribution in [2.24, 2.45) is 0 Å². The molecule has 0 amide bonds. The summed E-state index contributed by atoms with van der Waals surface area (Å²) in [4.78, 5) is 0. The lowest BCUT2D eigenvalue weighted by atomic mass is 10.1. The minimum atomic E-state index is -0.954. The van der Waals surface area contributed by atoms with Crippen molar-refractivity contribution in [2.45, 2.75) is 20.0 Å². The maximum Gasteiger partial charge on any atom is 0.122 e. The molecule has 0 aliphatic rings. The van der Waals surface area contributed by atoms with Crippen molar-refractivity contribution in [3.8, 4) is 0 Å². The predicted molar refractivity (Wildman–Crippen MR) is 42.5 cm³/mol. The van der Waals surface area contributed by atoms with E-state index in [2.05, 4.69) is 11.9 Å². The van der Waals surface area contributed by atoms with Gasteiger partial charge in [0.15, 0.2) is 0 Å². The Morgan fingerprint density at radius 3 is 2.50 bits per heavy atom. The van der Waals surface area contributed by atoms with Gasteiger partial charge < -0.3 is 5.32 Å². The van der Waals surface area contributed by atoms with Crippen LogP contribution in [0.3, 0.4) is 0 Å². The number of nitrogens with one attached hydrogen (secondary N) is 1. The van der Waals surface area contributed by atoms with Gasteiger partial charge in [0.25, 0.3) is 0 Å². The predicted octanol–water partition coefficient (Wildman–Crippen LogP) is 2.02. The first-order valence-electron chi connectivity index (χ1n) is 3.27. The minimum absolute atomic E-state index is 0.536. The summed E-state index contributed by atoms with van der Waals surface area (Å²) in [6.45, 7) is 6.90. The summed E-state index contributed by atoms with van der Waals surface area (Å²) in [6, 6.07) is 0. The summed E-state index contributed by atoms with van der Waals surface area (Å²) < 4.78 is 12.5. The monoisotopic (exact) mass is 143 g/mol. The van der Waals surface area contributed by atoms with E-state index < -0.39 is 6.17 Å². The van der Waals surface area contributed by atoms with Crippen LogP contribution in [0.2, 0.25) is 0 Å². The molecule has 0 heterocycles. The number of alkyl halides is 1. The molecule has 0 aromatic rings. The van der Waals surface area contributed by atoms with Crippen molar-refractivity contribution in [2.75, 3.05) is 7.05 Å². The average molecular weight is 143 g/mol. The highest BCUT2D eigenvalue weighted by atomic mass is 19.1. The quantitative estimate of drug-likeness (QED) is 0.596. The van der Waals surface area contributed by atoms with E-state index in [0.717, 1.165) is 5.57 Å². The lowest BCUT2D eigenvalue weighted by molar-refractivity contribution is 0.415. The molecular weight excluding hydrogens is 129 g/mol. The second-order valence-electron chi connectivity index (χ2n) is 2.26. The molecule has 1 atom stereocenters. The summed E-state index contributed by atoms with van der Waals surface area (Å²) in [7, 11) is 1.78. The summed E-state index contributed by atoms with van der Waals surface area (Å²) in [5.74, 6) is 0. The highest BCUT2D eigenvalue weighted by Gasteiger charge is 2.04. The summed E-state index contributed by atoms with van der Waals surface area (Å²) in [6.07, 6.45) is 0.780. The smallest absolute Gasteiger partial charge is 0.122 e. The Morgan fingerprint density at radius 1 is 1.70 bits per heavy atom. The van der Waals surface area contributed by atoms with Crippen LogP contribution in [0.1, 0.15) is 13.8 Å². The van der Waals surface area contributed by atoms with E-state index in [1.54, 1.807) is 13.2 Å². The molecule has 2 heteroatoms. The van der Waals surface area contributed by atoms with Crippen molar-refractivity contribution in [3.63, 3.8) is 0 Å². The summed E-state index contributed by atoms with van der Waals surface area (Å²) in [5, 5.41) is 2.81. The van der Waals surface area contributed by atoms with Crippen molar-refractivity contribution >= 4 is 0 Å². The van der Waals surface area contributed by atoms with Gasteiger partial charge in [0.05, 0.1) is 0 Å². The van der Waals surface area contributed by atoms with Crippen molar-refractivity contribution in [1.82, 2.24) is 5.32 Å². The zero-order valence-electron chi connectivity index (χ0n) is 6.74. The second kappa shape index (κ2) is 4.09. The molecule has 0 aliphatic heterocycles. The second-order valence-corrected chi connectivity index (χ2v) is 2.26. The Labute approximate surface area is 61.6 Å². The van der Waals surface area contributed by atoms with Crippen molar-refractivity contribution in [3.05, 3.63) is 23.9 Å². The zero-order chi connectivity index (χ0) is 8.15. The Hall–Kier alpha value is -0.790.